The molecule has 4 rings (SSSR count). The van der Waals surface area contributed by atoms with E-state index in [9.17, 15) is 31.9 Å². The van der Waals surface area contributed by atoms with Crippen LogP contribution in [0.1, 0.15) is 51.3 Å². The topological polar surface area (TPSA) is 138 Å². The molecule has 5 N–H and O–H groups in total. The molecule has 0 bridgehead atoms. The summed E-state index contributed by atoms with van der Waals surface area (Å²) in [5, 5.41) is 14.3. The van der Waals surface area contributed by atoms with Gasteiger partial charge in [-0.2, -0.15) is 17.6 Å². The van der Waals surface area contributed by atoms with Crippen molar-refractivity contribution in [2.24, 2.45) is 5.73 Å². The number of nitrogens with two attached hydrogens (primary N) is 1. The van der Waals surface area contributed by atoms with Crippen LogP contribution in [0.5, 0.6) is 0 Å². The summed E-state index contributed by atoms with van der Waals surface area (Å²) >= 11 is 1.27. The predicted octanol–water partition coefficient (Wildman–Crippen LogP) is 3.99. The van der Waals surface area contributed by atoms with Gasteiger partial charge in [-0.05, 0) is 25.1 Å². The van der Waals surface area contributed by atoms with Crippen molar-refractivity contribution in [1.82, 2.24) is 15.5 Å². The fourth-order valence-electron chi connectivity index (χ4n) is 4.67. The molecule has 228 valence electrons. The molecule has 0 aliphatic carbocycles. The average Bonchev–Trinajstić information content (AvgIpc) is 3.64. The molecular weight excluding hydrogens is 590 g/mol. The van der Waals surface area contributed by atoms with Crippen LogP contribution >= 0.6 is 11.3 Å². The molecule has 1 unspecified atom stereocenters. The average molecular weight is 620 g/mol. The zero-order valence-electron chi connectivity index (χ0n) is 22.9. The molecule has 2 heterocycles. The number of nitrogen functional groups attached to an aromatic ring is 1. The van der Waals surface area contributed by atoms with E-state index >= 15 is 0 Å². The quantitative estimate of drug-likeness (QED) is 0.146. The fraction of sp³-hybridized carbons (Fsp3) is 0.310. The summed E-state index contributed by atoms with van der Waals surface area (Å²) in [5.74, 6) is -5.48. The molecule has 1 fully saturated rings. The third-order valence-electron chi connectivity index (χ3n) is 6.94. The summed E-state index contributed by atoms with van der Waals surface area (Å²) in [6.45, 7) is -2.31. The highest BCUT2D eigenvalue weighted by molar-refractivity contribution is 7.10. The number of ether oxygens (including phenoxy) is 1. The Morgan fingerprint density at radius 1 is 1.09 bits per heavy atom. The van der Waals surface area contributed by atoms with Crippen molar-refractivity contribution in [3.8, 4) is 0 Å². The number of rotatable bonds is 11. The SMILES string of the molecule is CC(NC(=O)[C@@H]1C[C@@H](OC(F)F)CN1C(=O)CNC(=O)c1ccc(C(F)(F)c2ccccc2)cc1)c1cc(C(=N)N)cs1. The minimum atomic E-state index is -3.29. The molecule has 14 heteroatoms. The third-order valence-corrected chi connectivity index (χ3v) is 8.06. The zero-order valence-corrected chi connectivity index (χ0v) is 23.7. The van der Waals surface area contributed by atoms with Gasteiger partial charge in [-0.1, -0.05) is 42.5 Å². The van der Waals surface area contributed by atoms with Crippen LogP contribution in [0.4, 0.5) is 17.6 Å². The number of nitrogens with one attached hydrogen (secondary N) is 3. The molecule has 0 spiro atoms. The zero-order chi connectivity index (χ0) is 31.3. The highest BCUT2D eigenvalue weighted by Gasteiger charge is 2.41. The van der Waals surface area contributed by atoms with Gasteiger partial charge in [-0.3, -0.25) is 19.8 Å². The first kappa shape index (κ1) is 31.6. The van der Waals surface area contributed by atoms with Crippen LogP contribution < -0.4 is 16.4 Å². The van der Waals surface area contributed by atoms with Crippen molar-refractivity contribution in [3.05, 3.63) is 93.2 Å². The maximum Gasteiger partial charge on any atom is 0.345 e. The van der Waals surface area contributed by atoms with E-state index in [2.05, 4.69) is 15.4 Å². The fourth-order valence-corrected chi connectivity index (χ4v) is 5.59. The summed E-state index contributed by atoms with van der Waals surface area (Å²) in [6, 6.07) is 11.8. The summed E-state index contributed by atoms with van der Waals surface area (Å²) in [7, 11) is 0. The summed E-state index contributed by atoms with van der Waals surface area (Å²) in [5.41, 5.74) is 5.46. The number of amides is 3. The number of likely N-dealkylation sites (tertiary alicyclic amines) is 1. The van der Waals surface area contributed by atoms with E-state index in [-0.39, 0.29) is 35.5 Å². The monoisotopic (exact) mass is 619 g/mol. The van der Waals surface area contributed by atoms with E-state index in [1.807, 2.05) is 0 Å². The van der Waals surface area contributed by atoms with Crippen molar-refractivity contribution in [3.63, 3.8) is 0 Å². The summed E-state index contributed by atoms with van der Waals surface area (Å²) < 4.78 is 60.0. The third kappa shape index (κ3) is 7.56. The second-order valence-electron chi connectivity index (χ2n) is 9.90. The number of alkyl halides is 4. The first-order valence-corrected chi connectivity index (χ1v) is 14.0. The van der Waals surface area contributed by atoms with Gasteiger partial charge < -0.3 is 26.0 Å². The van der Waals surface area contributed by atoms with Gasteiger partial charge in [0.15, 0.2) is 0 Å². The van der Waals surface area contributed by atoms with Crippen LogP contribution in [0.25, 0.3) is 0 Å². The second-order valence-corrected chi connectivity index (χ2v) is 10.8. The molecule has 3 atom stereocenters. The number of hydrogen-bond donors (Lipinski definition) is 4. The summed E-state index contributed by atoms with van der Waals surface area (Å²) in [4.78, 5) is 40.6. The molecule has 1 aromatic heterocycles. The number of benzene rings is 2. The number of carbonyl (C=O) groups is 3. The standard InChI is InChI=1S/C29H29F4N5O4S/c1-16(23-11-18(15-43-23)25(34)35)37-27(41)22-12-21(42-28(30)31)14-38(22)24(39)13-36-26(40)17-7-9-20(10-8-17)29(32,33)19-5-3-2-4-6-19/h2-11,15-16,21-22,28H,12-14H2,1H3,(H3,34,35)(H,36,40)(H,37,41)/t16?,21-,22+/m1/s1. The maximum atomic E-state index is 14.8. The highest BCUT2D eigenvalue weighted by Crippen LogP contribution is 2.35. The van der Waals surface area contributed by atoms with Crippen molar-refractivity contribution < 1.29 is 36.7 Å². The van der Waals surface area contributed by atoms with Gasteiger partial charge in [0.05, 0.1) is 18.7 Å². The predicted molar refractivity (Wildman–Crippen MR) is 151 cm³/mol. The first-order chi connectivity index (χ1) is 20.4. The van der Waals surface area contributed by atoms with Gasteiger partial charge >= 0.3 is 6.61 Å². The van der Waals surface area contributed by atoms with Crippen LogP contribution in [0, 0.1) is 5.41 Å². The molecule has 9 nitrogen and oxygen atoms in total. The van der Waals surface area contributed by atoms with Crippen LogP contribution in [-0.4, -0.2) is 60.3 Å². The second kappa shape index (κ2) is 13.3. The Balaban J connectivity index is 1.39. The van der Waals surface area contributed by atoms with Gasteiger partial charge in [0.25, 0.3) is 11.8 Å². The van der Waals surface area contributed by atoms with Crippen molar-refractivity contribution >= 4 is 34.9 Å². The number of carbonyl (C=O) groups excluding carboxylic acids is 3. The molecule has 2 aromatic carbocycles. The van der Waals surface area contributed by atoms with E-state index in [0.717, 1.165) is 17.0 Å². The Hall–Kier alpha value is -4.30. The molecule has 43 heavy (non-hydrogen) atoms. The van der Waals surface area contributed by atoms with Gasteiger partial charge in [0, 0.05) is 45.5 Å². The van der Waals surface area contributed by atoms with Crippen molar-refractivity contribution in [2.45, 2.75) is 44.1 Å². The molecule has 1 aliphatic heterocycles. The van der Waals surface area contributed by atoms with Crippen LogP contribution in [-0.2, 0) is 20.2 Å². The minimum Gasteiger partial charge on any atom is -0.384 e. The Bertz CT molecular complexity index is 1470. The van der Waals surface area contributed by atoms with E-state index in [1.54, 1.807) is 24.4 Å². The Kier molecular flexibility index (Phi) is 9.81. The van der Waals surface area contributed by atoms with Gasteiger partial charge in [-0.25, -0.2) is 0 Å². The minimum absolute atomic E-state index is 0.0183. The van der Waals surface area contributed by atoms with Crippen LogP contribution in [0.15, 0.2) is 66.0 Å². The summed E-state index contributed by atoms with van der Waals surface area (Å²) in [6.07, 6.45) is -1.31. The number of amidine groups is 1. The molecular formula is C29H29F4N5O4S. The van der Waals surface area contributed by atoms with Crippen LogP contribution in [0.2, 0.25) is 0 Å². The van der Waals surface area contributed by atoms with Gasteiger partial charge in [0.2, 0.25) is 11.8 Å². The normalized spacial score (nSPS) is 17.5. The Morgan fingerprint density at radius 2 is 1.74 bits per heavy atom. The first-order valence-electron chi connectivity index (χ1n) is 13.1. The molecule has 0 radical (unpaired) electrons. The smallest absolute Gasteiger partial charge is 0.345 e. The largest absolute Gasteiger partial charge is 0.384 e. The number of halogens is 4. The van der Waals surface area contributed by atoms with E-state index in [1.165, 1.54) is 47.7 Å². The van der Waals surface area contributed by atoms with E-state index in [4.69, 9.17) is 11.1 Å². The van der Waals surface area contributed by atoms with Crippen LogP contribution in [0.3, 0.4) is 0 Å². The lowest BCUT2D eigenvalue weighted by Crippen LogP contribution is -2.49. The molecule has 1 aliphatic rings. The number of hydrogen-bond acceptors (Lipinski definition) is 6. The van der Waals surface area contributed by atoms with Crippen molar-refractivity contribution in [2.75, 3.05) is 13.1 Å². The Labute approximate surface area is 248 Å². The molecule has 3 amide bonds. The van der Waals surface area contributed by atoms with Gasteiger partial charge in [-0.15, -0.1) is 11.3 Å². The highest BCUT2D eigenvalue weighted by atomic mass is 32.1. The lowest BCUT2D eigenvalue weighted by molar-refractivity contribution is -0.160. The Morgan fingerprint density at radius 3 is 2.35 bits per heavy atom. The number of thiophene rings is 1. The lowest BCUT2D eigenvalue weighted by atomic mass is 9.99. The number of nitrogens with zero attached hydrogens (tertiary/aromatic N) is 1. The van der Waals surface area contributed by atoms with E-state index in [0.29, 0.717) is 10.4 Å². The van der Waals surface area contributed by atoms with Crippen molar-refractivity contribution in [1.29, 1.82) is 5.41 Å². The lowest BCUT2D eigenvalue weighted by Gasteiger charge is -2.25. The molecule has 0 saturated carbocycles. The van der Waals surface area contributed by atoms with Gasteiger partial charge in [0.1, 0.15) is 11.9 Å². The molecule has 1 saturated heterocycles. The molecule has 3 aromatic rings. The van der Waals surface area contributed by atoms with E-state index < -0.39 is 55.0 Å². The maximum absolute atomic E-state index is 14.8.